The monoisotopic (exact) mass is 806 g/mol. The lowest BCUT2D eigenvalue weighted by Gasteiger charge is -2.43. The van der Waals surface area contributed by atoms with Crippen LogP contribution in [0.5, 0.6) is 11.8 Å². The molecule has 3 aromatic heterocycles. The van der Waals surface area contributed by atoms with Gasteiger partial charge in [-0.2, -0.15) is 9.97 Å². The molecule has 1 unspecified atom stereocenters. The maximum absolute atomic E-state index is 17.5. The molecule has 5 aromatic rings. The number of rotatable bonds is 13. The van der Waals surface area contributed by atoms with Gasteiger partial charge in [-0.1, -0.05) is 51.0 Å². The average Bonchev–Trinajstić information content (AvgIpc) is 3.92. The molecule has 0 radical (unpaired) electrons. The van der Waals surface area contributed by atoms with Crippen LogP contribution in [0, 0.1) is 24.0 Å². The first-order valence-corrected chi connectivity index (χ1v) is 21.6. The van der Waals surface area contributed by atoms with Crippen LogP contribution in [0.25, 0.3) is 32.9 Å². The number of benzene rings is 2. The lowest BCUT2D eigenvalue weighted by atomic mass is 9.94. The Morgan fingerprint density at radius 3 is 2.58 bits per heavy atom. The van der Waals surface area contributed by atoms with E-state index < -0.39 is 17.5 Å². The number of piperazine rings is 1. The van der Waals surface area contributed by atoms with Crippen LogP contribution in [-0.2, 0) is 19.4 Å². The Morgan fingerprint density at radius 2 is 1.76 bits per heavy atom. The summed E-state index contributed by atoms with van der Waals surface area (Å²) in [5.74, 6) is 2.11. The quantitative estimate of drug-likeness (QED) is 0.0914. The maximum atomic E-state index is 17.5. The number of hydrogen-bond acceptors (Lipinski definition) is 11. The molecular formula is C46H52F2N6O5. The Bertz CT molecular complexity index is 2470. The fraction of sp³-hybridized carbons (Fsp3) is 0.522. The van der Waals surface area contributed by atoms with Crippen LogP contribution in [-0.4, -0.2) is 80.8 Å². The molecule has 9 rings (SSSR count). The molecule has 13 heteroatoms. The second-order valence-corrected chi connectivity index (χ2v) is 16.9. The number of aromatic hydroxyl groups is 1. The smallest absolute Gasteiger partial charge is 0.508 e. The summed E-state index contributed by atoms with van der Waals surface area (Å²) in [5, 5.41) is 12.1. The summed E-state index contributed by atoms with van der Waals surface area (Å²) in [6.45, 7) is 7.03. The molecule has 11 nitrogen and oxygen atoms in total. The van der Waals surface area contributed by atoms with Gasteiger partial charge in [-0.05, 0) is 88.0 Å². The predicted molar refractivity (Wildman–Crippen MR) is 222 cm³/mol. The number of phenols is 1. The highest BCUT2D eigenvalue weighted by molar-refractivity contribution is 6.03. The van der Waals surface area contributed by atoms with E-state index in [9.17, 15) is 9.90 Å². The van der Waals surface area contributed by atoms with Crippen LogP contribution in [0.3, 0.4) is 0 Å². The minimum Gasteiger partial charge on any atom is -0.508 e. The Balaban J connectivity index is 1.08. The number of phenolic OH excluding ortho intramolecular Hbond substituents is 1. The van der Waals surface area contributed by atoms with Crippen molar-refractivity contribution in [1.82, 2.24) is 24.8 Å². The molecule has 3 fully saturated rings. The molecule has 4 aliphatic heterocycles. The standard InChI is InChI=1S/C46H52F2N6O5/c1-3-5-6-7-8-9-15-36-37(59-45(56)58-36)27-52-22-23-54-30(26-52)13-10-14-35-39-42(50-44(51-43(39)54)57-28-46-18-11-20-53(46)21-12-19-46)40(48)41(49-35)33-25-31(55)24-29-16-17-34(47)32(4-2)38(29)33/h2,16-17,24-25,30,55H,3,5-15,18-23,26-28H2,1H3. The second kappa shape index (κ2) is 16.5. The molecule has 1 atom stereocenters. The van der Waals surface area contributed by atoms with Crippen molar-refractivity contribution in [3.63, 3.8) is 0 Å². The van der Waals surface area contributed by atoms with Crippen molar-refractivity contribution in [2.24, 2.45) is 0 Å². The molecule has 310 valence electrons. The zero-order chi connectivity index (χ0) is 40.7. The van der Waals surface area contributed by atoms with E-state index in [0.29, 0.717) is 84.8 Å². The molecule has 0 spiro atoms. The highest BCUT2D eigenvalue weighted by Crippen LogP contribution is 2.43. The van der Waals surface area contributed by atoms with Gasteiger partial charge in [-0.3, -0.25) is 9.80 Å². The van der Waals surface area contributed by atoms with Gasteiger partial charge in [0.05, 0.1) is 28.7 Å². The normalized spacial score (nSPS) is 19.2. The summed E-state index contributed by atoms with van der Waals surface area (Å²) < 4.78 is 50.3. The molecule has 3 saturated heterocycles. The number of fused-ring (bicyclic) bond motifs is 4. The van der Waals surface area contributed by atoms with Crippen molar-refractivity contribution < 1.29 is 27.5 Å². The summed E-state index contributed by atoms with van der Waals surface area (Å²) in [7, 11) is 0. The predicted octanol–water partition coefficient (Wildman–Crippen LogP) is 8.29. The van der Waals surface area contributed by atoms with Gasteiger partial charge in [-0.25, -0.2) is 18.6 Å². The third-order valence-electron chi connectivity index (χ3n) is 13.2. The first-order valence-electron chi connectivity index (χ1n) is 21.6. The van der Waals surface area contributed by atoms with E-state index in [1.807, 2.05) is 0 Å². The van der Waals surface area contributed by atoms with Gasteiger partial charge in [-0.15, -0.1) is 6.42 Å². The van der Waals surface area contributed by atoms with Crippen molar-refractivity contribution in [2.45, 2.75) is 115 Å². The van der Waals surface area contributed by atoms with Crippen molar-refractivity contribution in [1.29, 1.82) is 0 Å². The molecular weight excluding hydrogens is 755 g/mol. The molecule has 0 amide bonds. The van der Waals surface area contributed by atoms with E-state index in [1.54, 1.807) is 0 Å². The van der Waals surface area contributed by atoms with E-state index in [0.717, 1.165) is 64.5 Å². The van der Waals surface area contributed by atoms with E-state index >= 15 is 8.78 Å². The number of nitrogens with zero attached hydrogens (tertiary/aromatic N) is 6. The van der Waals surface area contributed by atoms with E-state index in [2.05, 4.69) is 27.5 Å². The Labute approximate surface area is 342 Å². The molecule has 7 heterocycles. The lowest BCUT2D eigenvalue weighted by Crippen LogP contribution is -2.53. The zero-order valence-electron chi connectivity index (χ0n) is 33.8. The first-order chi connectivity index (χ1) is 28.7. The van der Waals surface area contributed by atoms with E-state index in [-0.39, 0.29) is 45.7 Å². The summed E-state index contributed by atoms with van der Waals surface area (Å²) in [6, 6.07) is 5.75. The number of pyridine rings is 1. The minimum atomic E-state index is -0.721. The zero-order valence-corrected chi connectivity index (χ0v) is 33.8. The van der Waals surface area contributed by atoms with Gasteiger partial charge < -0.3 is 23.6 Å². The number of terminal acetylenes is 1. The largest absolute Gasteiger partial charge is 0.519 e. The Kier molecular flexibility index (Phi) is 11.0. The van der Waals surface area contributed by atoms with Crippen molar-refractivity contribution in [3.8, 4) is 35.4 Å². The number of hydrogen-bond donors (Lipinski definition) is 1. The Morgan fingerprint density at radius 1 is 0.966 bits per heavy atom. The number of aryl methyl sites for hydroxylation is 2. The number of anilines is 1. The molecule has 59 heavy (non-hydrogen) atoms. The molecule has 0 saturated carbocycles. The van der Waals surface area contributed by atoms with Crippen LogP contribution in [0.4, 0.5) is 14.6 Å². The third-order valence-corrected chi connectivity index (χ3v) is 13.2. The van der Waals surface area contributed by atoms with Crippen LogP contribution in [0.1, 0.15) is 107 Å². The molecule has 1 N–H and O–H groups in total. The van der Waals surface area contributed by atoms with Crippen LogP contribution >= 0.6 is 0 Å². The highest BCUT2D eigenvalue weighted by Gasteiger charge is 2.45. The molecule has 0 aliphatic carbocycles. The SMILES string of the molecule is C#Cc1c(F)ccc2cc(O)cc(-c3nc4c5c(nc(OCC67CCCN6CCC7)nc5c3F)N3CCN(Cc5oc(=O)oc5CCCCCCCC)CC3CCC4)c12. The van der Waals surface area contributed by atoms with Crippen molar-refractivity contribution in [2.75, 3.05) is 44.2 Å². The van der Waals surface area contributed by atoms with Gasteiger partial charge in [0.15, 0.2) is 17.3 Å². The molecule has 4 aliphatic rings. The summed E-state index contributed by atoms with van der Waals surface area (Å²) in [6.07, 6.45) is 19.6. The first kappa shape index (κ1) is 39.4. The van der Waals surface area contributed by atoms with E-state index in [4.69, 9.17) is 34.9 Å². The highest BCUT2D eigenvalue weighted by atomic mass is 19.1. The van der Waals surface area contributed by atoms with Gasteiger partial charge >= 0.3 is 11.8 Å². The number of aromatic nitrogens is 3. The number of halogens is 2. The average molecular weight is 807 g/mol. The fourth-order valence-electron chi connectivity index (χ4n) is 10.3. The van der Waals surface area contributed by atoms with Gasteiger partial charge in [0, 0.05) is 43.0 Å². The summed E-state index contributed by atoms with van der Waals surface area (Å²) in [4.78, 5) is 34.2. The van der Waals surface area contributed by atoms with Crippen molar-refractivity contribution >= 4 is 27.5 Å². The fourth-order valence-corrected chi connectivity index (χ4v) is 10.3. The summed E-state index contributed by atoms with van der Waals surface area (Å²) in [5.41, 5.74) is 0.683. The second-order valence-electron chi connectivity index (χ2n) is 16.9. The number of unbranched alkanes of at least 4 members (excludes halogenated alkanes) is 5. The van der Waals surface area contributed by atoms with Crippen molar-refractivity contribution in [3.05, 3.63) is 69.3 Å². The van der Waals surface area contributed by atoms with Gasteiger partial charge in [0.1, 0.15) is 35.2 Å². The summed E-state index contributed by atoms with van der Waals surface area (Å²) >= 11 is 0. The van der Waals surface area contributed by atoms with E-state index in [1.165, 1.54) is 49.9 Å². The minimum absolute atomic E-state index is 0.0150. The van der Waals surface area contributed by atoms with Crippen LogP contribution < -0.4 is 15.5 Å². The van der Waals surface area contributed by atoms with Crippen LogP contribution in [0.2, 0.25) is 0 Å². The molecule has 2 aromatic carbocycles. The maximum Gasteiger partial charge on any atom is 0.519 e. The van der Waals surface area contributed by atoms with Crippen LogP contribution in [0.15, 0.2) is 37.9 Å². The molecule has 0 bridgehead atoms. The number of ether oxygens (including phenoxy) is 1. The lowest BCUT2D eigenvalue weighted by molar-refractivity contribution is 0.107. The van der Waals surface area contributed by atoms with Gasteiger partial charge in [0.2, 0.25) is 0 Å². The topological polar surface area (TPSA) is 121 Å². The third kappa shape index (κ3) is 7.54. The van der Waals surface area contributed by atoms with Gasteiger partial charge in [0.25, 0.3) is 0 Å². The Hall–Kier alpha value is -5.06.